The Morgan fingerprint density at radius 1 is 1.12 bits per heavy atom. The predicted molar refractivity (Wildman–Crippen MR) is 104 cm³/mol. The number of amides is 1. The summed E-state index contributed by atoms with van der Waals surface area (Å²) in [5, 5.41) is 2.91. The highest BCUT2D eigenvalue weighted by Crippen LogP contribution is 2.15. The average molecular weight is 385 g/mol. The largest absolute Gasteiger partial charge is 0.494 e. The van der Waals surface area contributed by atoms with Gasteiger partial charge in [0.05, 0.1) is 11.5 Å². The van der Waals surface area contributed by atoms with Gasteiger partial charge in [0.15, 0.2) is 0 Å². The SMILES string of the molecule is CCOc1ccc(S(=O)(=O)NCCC(=O)NC(C)CCCC(C)C)cc1. The van der Waals surface area contributed by atoms with Crippen LogP contribution >= 0.6 is 0 Å². The quantitative estimate of drug-likeness (QED) is 0.580. The summed E-state index contributed by atoms with van der Waals surface area (Å²) < 4.78 is 32.2. The van der Waals surface area contributed by atoms with Crippen LogP contribution in [0.2, 0.25) is 0 Å². The molecule has 0 aliphatic heterocycles. The Hall–Kier alpha value is -1.60. The number of carbonyl (C=O) groups excluding carboxylic acids is 1. The molecular weight excluding hydrogens is 352 g/mol. The smallest absolute Gasteiger partial charge is 0.240 e. The van der Waals surface area contributed by atoms with Gasteiger partial charge in [-0.15, -0.1) is 0 Å². The molecule has 0 heterocycles. The van der Waals surface area contributed by atoms with Crippen LogP contribution in [0.15, 0.2) is 29.2 Å². The van der Waals surface area contributed by atoms with Gasteiger partial charge in [0.2, 0.25) is 15.9 Å². The number of nitrogens with one attached hydrogen (secondary N) is 2. The number of hydrogen-bond acceptors (Lipinski definition) is 4. The zero-order valence-corrected chi connectivity index (χ0v) is 17.1. The van der Waals surface area contributed by atoms with Crippen molar-refractivity contribution in [3.8, 4) is 5.75 Å². The first kappa shape index (κ1) is 22.4. The zero-order valence-electron chi connectivity index (χ0n) is 16.2. The zero-order chi connectivity index (χ0) is 19.6. The fraction of sp³-hybridized carbons (Fsp3) is 0.632. The lowest BCUT2D eigenvalue weighted by Crippen LogP contribution is -2.35. The number of rotatable bonds is 12. The monoisotopic (exact) mass is 384 g/mol. The maximum absolute atomic E-state index is 12.2. The average Bonchev–Trinajstić information content (AvgIpc) is 2.55. The number of benzene rings is 1. The second-order valence-electron chi connectivity index (χ2n) is 6.85. The van der Waals surface area contributed by atoms with Crippen molar-refractivity contribution in [1.82, 2.24) is 10.0 Å². The van der Waals surface area contributed by atoms with Crippen LogP contribution in [0.5, 0.6) is 5.75 Å². The molecule has 0 fully saturated rings. The van der Waals surface area contributed by atoms with E-state index < -0.39 is 10.0 Å². The highest BCUT2D eigenvalue weighted by molar-refractivity contribution is 7.89. The Kier molecular flexibility index (Phi) is 9.65. The molecule has 6 nitrogen and oxygen atoms in total. The summed E-state index contributed by atoms with van der Waals surface area (Å²) in [5.41, 5.74) is 0. The molecule has 0 aromatic heterocycles. The van der Waals surface area contributed by atoms with Gasteiger partial charge in [0, 0.05) is 19.0 Å². The van der Waals surface area contributed by atoms with Gasteiger partial charge >= 0.3 is 0 Å². The van der Waals surface area contributed by atoms with Crippen LogP contribution in [0.3, 0.4) is 0 Å². The first-order valence-corrected chi connectivity index (χ1v) is 10.7. The third-order valence-electron chi connectivity index (χ3n) is 3.92. The van der Waals surface area contributed by atoms with Crippen LogP contribution in [0.1, 0.15) is 53.4 Å². The summed E-state index contributed by atoms with van der Waals surface area (Å²) >= 11 is 0. The topological polar surface area (TPSA) is 84.5 Å². The van der Waals surface area contributed by atoms with Crippen LogP contribution < -0.4 is 14.8 Å². The summed E-state index contributed by atoms with van der Waals surface area (Å²) in [6, 6.07) is 6.31. The Bertz CT molecular complexity index is 642. The lowest BCUT2D eigenvalue weighted by atomic mass is 10.0. The van der Waals surface area contributed by atoms with E-state index >= 15 is 0 Å². The molecule has 1 atom stereocenters. The van der Waals surface area contributed by atoms with E-state index in [9.17, 15) is 13.2 Å². The van der Waals surface area contributed by atoms with Crippen molar-refractivity contribution in [2.45, 2.75) is 64.3 Å². The summed E-state index contributed by atoms with van der Waals surface area (Å²) in [5.74, 6) is 1.14. The molecular formula is C19H32N2O4S. The molecule has 1 amide bonds. The van der Waals surface area contributed by atoms with Crippen LogP contribution in [0, 0.1) is 5.92 Å². The second kappa shape index (κ2) is 11.2. The van der Waals surface area contributed by atoms with E-state index in [4.69, 9.17) is 4.74 Å². The van der Waals surface area contributed by atoms with Gasteiger partial charge in [0.25, 0.3) is 0 Å². The predicted octanol–water partition coefficient (Wildman–Crippen LogP) is 3.08. The Morgan fingerprint density at radius 2 is 1.77 bits per heavy atom. The minimum absolute atomic E-state index is 0.0695. The summed E-state index contributed by atoms with van der Waals surface area (Å²) in [6.45, 7) is 8.79. The summed E-state index contributed by atoms with van der Waals surface area (Å²) in [7, 11) is -3.63. The minimum atomic E-state index is -3.63. The minimum Gasteiger partial charge on any atom is -0.494 e. The first-order valence-electron chi connectivity index (χ1n) is 9.26. The fourth-order valence-corrected chi connectivity index (χ4v) is 3.55. The lowest BCUT2D eigenvalue weighted by Gasteiger charge is -2.14. The van der Waals surface area contributed by atoms with Gasteiger partial charge in [-0.05, 0) is 50.5 Å². The maximum Gasteiger partial charge on any atom is 0.240 e. The van der Waals surface area contributed by atoms with Crippen molar-refractivity contribution in [3.63, 3.8) is 0 Å². The highest BCUT2D eigenvalue weighted by Gasteiger charge is 2.15. The molecule has 1 aromatic rings. The molecule has 0 saturated carbocycles. The normalized spacial score (nSPS) is 12.8. The maximum atomic E-state index is 12.2. The lowest BCUT2D eigenvalue weighted by molar-refractivity contribution is -0.121. The standard InChI is InChI=1S/C19H32N2O4S/c1-5-25-17-9-11-18(12-10-17)26(23,24)20-14-13-19(22)21-16(4)8-6-7-15(2)3/h9-12,15-16,20H,5-8,13-14H2,1-4H3,(H,21,22). The number of ether oxygens (including phenoxy) is 1. The molecule has 0 radical (unpaired) electrons. The number of carbonyl (C=O) groups is 1. The summed E-state index contributed by atoms with van der Waals surface area (Å²) in [4.78, 5) is 12.1. The van der Waals surface area contributed by atoms with Crippen molar-refractivity contribution >= 4 is 15.9 Å². The van der Waals surface area contributed by atoms with E-state index in [1.807, 2.05) is 13.8 Å². The molecule has 0 aliphatic rings. The molecule has 7 heteroatoms. The first-order chi connectivity index (χ1) is 12.2. The van der Waals surface area contributed by atoms with E-state index in [1.54, 1.807) is 12.1 Å². The second-order valence-corrected chi connectivity index (χ2v) is 8.61. The van der Waals surface area contributed by atoms with Crippen LogP contribution in [0.4, 0.5) is 0 Å². The molecule has 0 saturated heterocycles. The van der Waals surface area contributed by atoms with Gasteiger partial charge in [-0.1, -0.05) is 26.7 Å². The van der Waals surface area contributed by atoms with Gasteiger partial charge in [-0.3, -0.25) is 4.79 Å². The Morgan fingerprint density at radius 3 is 2.35 bits per heavy atom. The molecule has 26 heavy (non-hydrogen) atoms. The van der Waals surface area contributed by atoms with Gasteiger partial charge in [-0.2, -0.15) is 0 Å². The number of sulfonamides is 1. The van der Waals surface area contributed by atoms with E-state index in [-0.39, 0.29) is 29.8 Å². The third kappa shape index (κ3) is 8.67. The van der Waals surface area contributed by atoms with Crippen LogP contribution in [-0.4, -0.2) is 33.5 Å². The van der Waals surface area contributed by atoms with Crippen LogP contribution in [0.25, 0.3) is 0 Å². The molecule has 0 spiro atoms. The number of hydrogen-bond donors (Lipinski definition) is 2. The summed E-state index contributed by atoms with van der Waals surface area (Å²) in [6.07, 6.45) is 3.26. The van der Waals surface area contributed by atoms with Gasteiger partial charge < -0.3 is 10.1 Å². The Balaban J connectivity index is 2.37. The molecule has 1 unspecified atom stereocenters. The van der Waals surface area contributed by atoms with Gasteiger partial charge in [-0.25, -0.2) is 13.1 Å². The molecule has 1 rings (SSSR count). The van der Waals surface area contributed by atoms with E-state index in [1.165, 1.54) is 12.1 Å². The van der Waals surface area contributed by atoms with E-state index in [0.717, 1.165) is 19.3 Å². The van der Waals surface area contributed by atoms with E-state index in [0.29, 0.717) is 18.3 Å². The Labute approximate surface area is 157 Å². The van der Waals surface area contributed by atoms with E-state index in [2.05, 4.69) is 23.9 Å². The van der Waals surface area contributed by atoms with Crippen molar-refractivity contribution in [2.24, 2.45) is 5.92 Å². The van der Waals surface area contributed by atoms with Crippen LogP contribution in [-0.2, 0) is 14.8 Å². The molecule has 0 aliphatic carbocycles. The van der Waals surface area contributed by atoms with Gasteiger partial charge in [0.1, 0.15) is 5.75 Å². The highest BCUT2D eigenvalue weighted by atomic mass is 32.2. The van der Waals surface area contributed by atoms with Crippen molar-refractivity contribution in [2.75, 3.05) is 13.2 Å². The van der Waals surface area contributed by atoms with Crippen molar-refractivity contribution in [3.05, 3.63) is 24.3 Å². The third-order valence-corrected chi connectivity index (χ3v) is 5.39. The molecule has 2 N–H and O–H groups in total. The van der Waals surface area contributed by atoms with Crippen molar-refractivity contribution < 1.29 is 17.9 Å². The van der Waals surface area contributed by atoms with Crippen molar-refractivity contribution in [1.29, 1.82) is 0 Å². The molecule has 0 bridgehead atoms. The molecule has 1 aromatic carbocycles. The fourth-order valence-electron chi connectivity index (χ4n) is 2.52. The molecule has 148 valence electrons.